The summed E-state index contributed by atoms with van der Waals surface area (Å²) in [6, 6.07) is 6.88. The van der Waals surface area contributed by atoms with Crippen LogP contribution in [-0.2, 0) is 0 Å². The molecule has 0 amide bonds. The molecule has 1 spiro atoms. The van der Waals surface area contributed by atoms with Crippen LogP contribution in [0.5, 0.6) is 0 Å². The molecule has 0 bridgehead atoms. The molecule has 2 N–H and O–H groups in total. The van der Waals surface area contributed by atoms with Crippen LogP contribution in [-0.4, -0.2) is 18.0 Å². The first-order valence-electron chi connectivity index (χ1n) is 7.88. The number of anilines is 1. The summed E-state index contributed by atoms with van der Waals surface area (Å²) in [6.07, 6.45) is 4.50. The maximum absolute atomic E-state index is 14.3. The summed E-state index contributed by atoms with van der Waals surface area (Å²) in [5.41, 5.74) is 6.56. The molecule has 1 saturated carbocycles. The van der Waals surface area contributed by atoms with Crippen LogP contribution in [0.25, 0.3) is 0 Å². The molecule has 0 radical (unpaired) electrons. The van der Waals surface area contributed by atoms with Gasteiger partial charge in [-0.1, -0.05) is 38.8 Å². The van der Waals surface area contributed by atoms with E-state index in [0.29, 0.717) is 30.0 Å². The van der Waals surface area contributed by atoms with Gasteiger partial charge in [0.05, 0.1) is 17.8 Å². The number of rotatable bonds is 2. The number of para-hydroxylation sites is 1. The molecule has 2 unspecified atom stereocenters. The predicted molar refractivity (Wildman–Crippen MR) is 84.9 cm³/mol. The van der Waals surface area contributed by atoms with Crippen molar-refractivity contribution >= 4 is 11.6 Å². The Labute approximate surface area is 126 Å². The molecule has 114 valence electrons. The van der Waals surface area contributed by atoms with Gasteiger partial charge in [0.2, 0.25) is 0 Å². The van der Waals surface area contributed by atoms with Crippen molar-refractivity contribution in [2.24, 2.45) is 22.6 Å². The Morgan fingerprint density at radius 3 is 2.86 bits per heavy atom. The fourth-order valence-corrected chi connectivity index (χ4v) is 3.93. The minimum Gasteiger partial charge on any atom is -0.369 e. The largest absolute Gasteiger partial charge is 0.369 e. The first-order valence-corrected chi connectivity index (χ1v) is 7.88. The highest BCUT2D eigenvalue weighted by Crippen LogP contribution is 2.44. The highest BCUT2D eigenvalue weighted by molar-refractivity contribution is 5.98. The quantitative estimate of drug-likeness (QED) is 0.904. The minimum atomic E-state index is -0.219. The third kappa shape index (κ3) is 2.41. The van der Waals surface area contributed by atoms with Crippen LogP contribution >= 0.6 is 0 Å². The van der Waals surface area contributed by atoms with Crippen LogP contribution < -0.4 is 10.6 Å². The summed E-state index contributed by atoms with van der Waals surface area (Å²) in [5, 5.41) is 0. The predicted octanol–water partition coefficient (Wildman–Crippen LogP) is 3.55. The van der Waals surface area contributed by atoms with Crippen molar-refractivity contribution in [2.45, 2.75) is 45.1 Å². The Morgan fingerprint density at radius 2 is 2.14 bits per heavy atom. The van der Waals surface area contributed by atoms with Gasteiger partial charge in [0.15, 0.2) is 5.96 Å². The van der Waals surface area contributed by atoms with E-state index in [1.54, 1.807) is 6.07 Å². The second-order valence-electron chi connectivity index (χ2n) is 6.79. The number of nitrogens with two attached hydrogens (primary N) is 1. The molecule has 0 saturated heterocycles. The topological polar surface area (TPSA) is 41.6 Å². The van der Waals surface area contributed by atoms with Crippen LogP contribution in [0, 0.1) is 17.7 Å². The van der Waals surface area contributed by atoms with Crippen molar-refractivity contribution in [3.63, 3.8) is 0 Å². The summed E-state index contributed by atoms with van der Waals surface area (Å²) in [6.45, 7) is 5.24. The fraction of sp³-hybridized carbons (Fsp3) is 0.588. The minimum absolute atomic E-state index is 0.126. The Balaban J connectivity index is 1.97. The standard InChI is InChI=1S/C17H24FN3/c1-12(2)13-6-5-9-17(10-13)11-20-16(19)21(17)15-8-4-3-7-14(15)18/h3-4,7-8,12-13H,5-6,9-11H2,1-2H3,(H2,19,20). The van der Waals surface area contributed by atoms with Crippen molar-refractivity contribution < 1.29 is 4.39 Å². The molecule has 4 heteroatoms. The zero-order valence-electron chi connectivity index (χ0n) is 12.8. The van der Waals surface area contributed by atoms with Crippen LogP contribution in [0.2, 0.25) is 0 Å². The first-order chi connectivity index (χ1) is 10.0. The third-order valence-corrected chi connectivity index (χ3v) is 5.13. The number of benzene rings is 1. The Hall–Kier alpha value is -1.58. The molecular formula is C17H24FN3. The van der Waals surface area contributed by atoms with Gasteiger partial charge in [-0.3, -0.25) is 4.99 Å². The van der Waals surface area contributed by atoms with Gasteiger partial charge in [0, 0.05) is 0 Å². The lowest BCUT2D eigenvalue weighted by Crippen LogP contribution is -2.55. The molecule has 2 aliphatic rings. The van der Waals surface area contributed by atoms with E-state index in [9.17, 15) is 4.39 Å². The lowest BCUT2D eigenvalue weighted by Gasteiger charge is -2.45. The number of hydrogen-bond donors (Lipinski definition) is 1. The summed E-state index contributed by atoms with van der Waals surface area (Å²) < 4.78 is 14.3. The van der Waals surface area contributed by atoms with Crippen LogP contribution in [0.4, 0.5) is 10.1 Å². The van der Waals surface area contributed by atoms with E-state index in [0.717, 1.165) is 19.3 Å². The molecule has 1 aromatic rings. The third-order valence-electron chi connectivity index (χ3n) is 5.13. The van der Waals surface area contributed by atoms with Gasteiger partial charge in [-0.25, -0.2) is 4.39 Å². The van der Waals surface area contributed by atoms with Gasteiger partial charge >= 0.3 is 0 Å². The second kappa shape index (κ2) is 5.32. The van der Waals surface area contributed by atoms with Crippen molar-refractivity contribution in [1.29, 1.82) is 0 Å². The SMILES string of the molecule is CC(C)C1CCCC2(CN=C(N)N2c2ccccc2F)C1. The number of guanidine groups is 1. The molecule has 0 aromatic heterocycles. The van der Waals surface area contributed by atoms with Crippen LogP contribution in [0.1, 0.15) is 39.5 Å². The van der Waals surface area contributed by atoms with Gasteiger partial charge in [-0.15, -0.1) is 0 Å². The molecule has 1 aliphatic heterocycles. The van der Waals surface area contributed by atoms with E-state index in [4.69, 9.17) is 5.73 Å². The molecule has 1 fully saturated rings. The van der Waals surface area contributed by atoms with Gasteiger partial charge in [0.1, 0.15) is 5.82 Å². The average Bonchev–Trinajstić information content (AvgIpc) is 2.76. The van der Waals surface area contributed by atoms with E-state index in [2.05, 4.69) is 18.8 Å². The molecule has 1 aromatic carbocycles. The van der Waals surface area contributed by atoms with E-state index in [-0.39, 0.29) is 11.4 Å². The molecule has 1 heterocycles. The lowest BCUT2D eigenvalue weighted by atomic mass is 9.71. The smallest absolute Gasteiger partial charge is 0.196 e. The van der Waals surface area contributed by atoms with Crippen LogP contribution in [0.15, 0.2) is 29.3 Å². The number of halogens is 1. The Kier molecular flexibility index (Phi) is 3.64. The van der Waals surface area contributed by atoms with Gasteiger partial charge < -0.3 is 10.6 Å². The number of aliphatic imine (C=N–C) groups is 1. The zero-order valence-corrected chi connectivity index (χ0v) is 12.8. The van der Waals surface area contributed by atoms with Crippen molar-refractivity contribution in [3.8, 4) is 0 Å². The normalized spacial score (nSPS) is 29.2. The monoisotopic (exact) mass is 289 g/mol. The van der Waals surface area contributed by atoms with E-state index in [1.807, 2.05) is 17.0 Å². The maximum atomic E-state index is 14.3. The highest BCUT2D eigenvalue weighted by Gasteiger charge is 2.47. The zero-order chi connectivity index (χ0) is 15.0. The Morgan fingerprint density at radius 1 is 1.38 bits per heavy atom. The maximum Gasteiger partial charge on any atom is 0.196 e. The van der Waals surface area contributed by atoms with E-state index >= 15 is 0 Å². The molecule has 3 rings (SSSR count). The summed E-state index contributed by atoms with van der Waals surface area (Å²) in [5.74, 6) is 1.55. The van der Waals surface area contributed by atoms with Crippen molar-refractivity contribution in [2.75, 3.05) is 11.4 Å². The van der Waals surface area contributed by atoms with E-state index < -0.39 is 0 Å². The molecule has 21 heavy (non-hydrogen) atoms. The molecule has 2 atom stereocenters. The number of nitrogens with zero attached hydrogens (tertiary/aromatic N) is 2. The summed E-state index contributed by atoms with van der Waals surface area (Å²) >= 11 is 0. The molecule has 3 nitrogen and oxygen atoms in total. The fourth-order valence-electron chi connectivity index (χ4n) is 3.93. The highest BCUT2D eigenvalue weighted by atomic mass is 19.1. The van der Waals surface area contributed by atoms with Crippen molar-refractivity contribution in [3.05, 3.63) is 30.1 Å². The molecular weight excluding hydrogens is 265 g/mol. The lowest BCUT2D eigenvalue weighted by molar-refractivity contribution is 0.195. The second-order valence-corrected chi connectivity index (χ2v) is 6.79. The van der Waals surface area contributed by atoms with Crippen LogP contribution in [0.3, 0.4) is 0 Å². The first kappa shape index (κ1) is 14.4. The van der Waals surface area contributed by atoms with E-state index in [1.165, 1.54) is 12.5 Å². The Bertz CT molecular complexity index is 555. The van der Waals surface area contributed by atoms with Gasteiger partial charge in [-0.2, -0.15) is 0 Å². The van der Waals surface area contributed by atoms with Crippen molar-refractivity contribution in [1.82, 2.24) is 0 Å². The summed E-state index contributed by atoms with van der Waals surface area (Å²) in [7, 11) is 0. The van der Waals surface area contributed by atoms with Gasteiger partial charge in [-0.05, 0) is 36.8 Å². The molecule has 1 aliphatic carbocycles. The summed E-state index contributed by atoms with van der Waals surface area (Å²) in [4.78, 5) is 6.43. The number of hydrogen-bond acceptors (Lipinski definition) is 3. The van der Waals surface area contributed by atoms with Gasteiger partial charge in [0.25, 0.3) is 0 Å². The average molecular weight is 289 g/mol.